The summed E-state index contributed by atoms with van der Waals surface area (Å²) in [6, 6.07) is 46.2. The summed E-state index contributed by atoms with van der Waals surface area (Å²) in [6.45, 7) is 19.1. The highest BCUT2D eigenvalue weighted by atomic mass is 16.5. The minimum atomic E-state index is -0.474. The van der Waals surface area contributed by atoms with Gasteiger partial charge in [0.15, 0.2) is 0 Å². The lowest BCUT2D eigenvalue weighted by Crippen LogP contribution is -2.12. The molecule has 0 heterocycles. The monoisotopic (exact) mass is 907 g/mol. The highest BCUT2D eigenvalue weighted by molar-refractivity contribution is 5.83. The molecule has 6 aromatic rings. The molecule has 6 aromatic carbocycles. The first-order valence-corrected chi connectivity index (χ1v) is 22.5. The first-order valence-electron chi connectivity index (χ1n) is 22.5. The number of carbonyl (C=O) groups excluding carboxylic acids is 4. The van der Waals surface area contributed by atoms with E-state index in [1.807, 2.05) is 24.3 Å². The van der Waals surface area contributed by atoms with Crippen molar-refractivity contribution in [2.24, 2.45) is 0 Å². The van der Waals surface area contributed by atoms with E-state index in [-0.39, 0.29) is 19.1 Å². The summed E-state index contributed by atoms with van der Waals surface area (Å²) >= 11 is 0. The van der Waals surface area contributed by atoms with Gasteiger partial charge in [0.1, 0.15) is 13.2 Å². The van der Waals surface area contributed by atoms with Gasteiger partial charge in [-0.25, -0.2) is 19.2 Å². The van der Waals surface area contributed by atoms with Crippen LogP contribution in [0.2, 0.25) is 0 Å². The predicted octanol–water partition coefficient (Wildman–Crippen LogP) is 12.4. The topological polar surface area (TPSA) is 108 Å². The van der Waals surface area contributed by atoms with E-state index >= 15 is 0 Å². The number of ether oxygens (including phenoxy) is 4. The molecule has 68 heavy (non-hydrogen) atoms. The Morgan fingerprint density at radius 1 is 0.471 bits per heavy atom. The van der Waals surface area contributed by atoms with Crippen molar-refractivity contribution in [1.29, 1.82) is 0 Å². The van der Waals surface area contributed by atoms with Gasteiger partial charge in [-0.2, -0.15) is 0 Å². The Kier molecular flexibility index (Phi) is 17.8. The molecule has 0 radical (unpaired) electrons. The van der Waals surface area contributed by atoms with Crippen LogP contribution in [0.5, 0.6) is 0 Å². The molecular formula is C59H57NO8. The molecule has 0 bridgehead atoms. The van der Waals surface area contributed by atoms with Gasteiger partial charge in [-0.15, -0.1) is 0 Å². The zero-order valence-electron chi connectivity index (χ0n) is 38.8. The molecule has 0 atom stereocenters. The molecule has 0 unspecified atom stereocenters. The SMILES string of the molecule is C=CC(=O)OCCCc1ccc(N(c2ccc(CCCOC(=O)C=C)cc2)c2ccc(-c3ccc(C(c4ccc(COC(=O)C=C)cc4)c4ccc(COC(=O)C=C)cc4)c(C)c3)cc2C)cc1. The van der Waals surface area contributed by atoms with Crippen molar-refractivity contribution in [3.8, 4) is 11.1 Å². The zero-order chi connectivity index (χ0) is 48.4. The summed E-state index contributed by atoms with van der Waals surface area (Å²) < 4.78 is 20.9. The minimum absolute atomic E-state index is 0.126. The number of rotatable bonds is 23. The molecule has 9 heteroatoms. The number of esters is 4. The maximum Gasteiger partial charge on any atom is 0.330 e. The largest absolute Gasteiger partial charge is 0.463 e. The molecule has 0 aliphatic heterocycles. The normalized spacial score (nSPS) is 10.7. The van der Waals surface area contributed by atoms with Gasteiger partial charge in [0.05, 0.1) is 13.2 Å². The van der Waals surface area contributed by atoms with Crippen LogP contribution in [0, 0.1) is 13.8 Å². The third-order valence-corrected chi connectivity index (χ3v) is 11.5. The van der Waals surface area contributed by atoms with Crippen LogP contribution in [0.1, 0.15) is 68.8 Å². The van der Waals surface area contributed by atoms with Crippen molar-refractivity contribution in [3.63, 3.8) is 0 Å². The van der Waals surface area contributed by atoms with Crippen LogP contribution in [0.15, 0.2) is 184 Å². The van der Waals surface area contributed by atoms with Crippen molar-refractivity contribution in [1.82, 2.24) is 0 Å². The summed E-state index contributed by atoms with van der Waals surface area (Å²) in [4.78, 5) is 48.8. The first-order chi connectivity index (χ1) is 33.0. The second-order valence-corrected chi connectivity index (χ2v) is 16.2. The Morgan fingerprint density at radius 3 is 1.25 bits per heavy atom. The van der Waals surface area contributed by atoms with Gasteiger partial charge in [0.25, 0.3) is 0 Å². The Morgan fingerprint density at radius 2 is 0.853 bits per heavy atom. The lowest BCUT2D eigenvalue weighted by molar-refractivity contribution is -0.139. The average molecular weight is 908 g/mol. The van der Waals surface area contributed by atoms with E-state index in [4.69, 9.17) is 18.9 Å². The molecule has 9 nitrogen and oxygen atoms in total. The predicted molar refractivity (Wildman–Crippen MR) is 269 cm³/mol. The van der Waals surface area contributed by atoms with Crippen LogP contribution in [0.4, 0.5) is 17.1 Å². The highest BCUT2D eigenvalue weighted by Gasteiger charge is 2.21. The standard InChI is InChI=1S/C59H57NO8/c1-7-55(61)65-35-11-13-43-19-29-51(30-20-43)60(52-31-21-44(22-32-52)14-12-36-66-56(62)8-2)54-34-28-50(38-42(54)6)49-27-33-53(41(5)37-49)59(47-23-15-45(16-24-47)39-67-57(63)9-3)48-25-17-46(18-26-48)40-68-58(64)10-4/h7-10,15-34,37-38,59H,1-4,11-14,35-36,39-40H2,5-6H3. The highest BCUT2D eigenvalue weighted by Crippen LogP contribution is 2.40. The third-order valence-electron chi connectivity index (χ3n) is 11.5. The van der Waals surface area contributed by atoms with E-state index < -0.39 is 23.9 Å². The van der Waals surface area contributed by atoms with Crippen molar-refractivity contribution in [2.45, 2.75) is 58.7 Å². The smallest absolute Gasteiger partial charge is 0.330 e. The molecular weight excluding hydrogens is 851 g/mol. The van der Waals surface area contributed by atoms with Crippen LogP contribution in [0.25, 0.3) is 11.1 Å². The fraction of sp³-hybridized carbons (Fsp3) is 0.186. The van der Waals surface area contributed by atoms with E-state index in [9.17, 15) is 19.2 Å². The summed E-state index contributed by atoms with van der Waals surface area (Å²) in [5.74, 6) is -1.91. The van der Waals surface area contributed by atoms with Crippen LogP contribution >= 0.6 is 0 Å². The molecule has 0 fully saturated rings. The molecule has 0 aromatic heterocycles. The summed E-state index contributed by atoms with van der Waals surface area (Å²) in [6.07, 6.45) is 7.58. The van der Waals surface area contributed by atoms with Crippen molar-refractivity contribution in [3.05, 3.63) is 234 Å². The fourth-order valence-electron chi connectivity index (χ4n) is 7.92. The number of hydrogen-bond acceptors (Lipinski definition) is 9. The third kappa shape index (κ3) is 13.5. The van der Waals surface area contributed by atoms with E-state index in [1.165, 1.54) is 12.2 Å². The van der Waals surface area contributed by atoms with Crippen LogP contribution in [-0.4, -0.2) is 37.1 Å². The molecule has 0 N–H and O–H groups in total. The molecule has 0 spiro atoms. The second-order valence-electron chi connectivity index (χ2n) is 16.2. The van der Waals surface area contributed by atoms with Crippen molar-refractivity contribution < 1.29 is 38.1 Å². The van der Waals surface area contributed by atoms with Crippen molar-refractivity contribution >= 4 is 40.9 Å². The van der Waals surface area contributed by atoms with Crippen LogP contribution in [-0.2, 0) is 64.2 Å². The molecule has 0 aliphatic rings. The van der Waals surface area contributed by atoms with E-state index in [0.29, 0.717) is 26.1 Å². The maximum atomic E-state index is 11.7. The number of hydrogen-bond donors (Lipinski definition) is 0. The zero-order valence-corrected chi connectivity index (χ0v) is 38.8. The minimum Gasteiger partial charge on any atom is -0.463 e. The van der Waals surface area contributed by atoms with Gasteiger partial charge in [-0.1, -0.05) is 123 Å². The number of carbonyl (C=O) groups is 4. The summed E-state index contributed by atoms with van der Waals surface area (Å²) in [7, 11) is 0. The Bertz CT molecular complexity index is 2600. The van der Waals surface area contributed by atoms with Gasteiger partial charge < -0.3 is 23.8 Å². The van der Waals surface area contributed by atoms with E-state index in [0.717, 1.165) is 103 Å². The fourth-order valence-corrected chi connectivity index (χ4v) is 7.92. The first kappa shape index (κ1) is 49.4. The maximum absolute atomic E-state index is 11.7. The molecule has 6 rings (SSSR count). The second kappa shape index (κ2) is 24.5. The number of anilines is 3. The lowest BCUT2D eigenvalue weighted by atomic mass is 9.82. The molecule has 0 saturated carbocycles. The Hall–Kier alpha value is -8.04. The molecule has 346 valence electrons. The quantitative estimate of drug-likeness (QED) is 0.0204. The average Bonchev–Trinajstić information content (AvgIpc) is 3.37. The number of benzene rings is 6. The van der Waals surface area contributed by atoms with Crippen molar-refractivity contribution in [2.75, 3.05) is 18.1 Å². The van der Waals surface area contributed by atoms with Gasteiger partial charge >= 0.3 is 23.9 Å². The van der Waals surface area contributed by atoms with Gasteiger partial charge in [-0.3, -0.25) is 0 Å². The number of aryl methyl sites for hydroxylation is 4. The van der Waals surface area contributed by atoms with Gasteiger partial charge in [0.2, 0.25) is 0 Å². The Labute approximate surface area is 399 Å². The van der Waals surface area contributed by atoms with Gasteiger partial charge in [0, 0.05) is 47.3 Å². The Balaban J connectivity index is 1.29. The summed E-state index contributed by atoms with van der Waals surface area (Å²) in [5.41, 5.74) is 14.6. The van der Waals surface area contributed by atoms with Gasteiger partial charge in [-0.05, 0) is 137 Å². The van der Waals surface area contributed by atoms with Crippen LogP contribution in [0.3, 0.4) is 0 Å². The van der Waals surface area contributed by atoms with E-state index in [2.05, 4.69) is 154 Å². The summed E-state index contributed by atoms with van der Waals surface area (Å²) in [5, 5.41) is 0. The number of nitrogens with zero attached hydrogens (tertiary/aromatic N) is 1. The molecule has 0 aliphatic carbocycles. The molecule has 0 saturated heterocycles. The van der Waals surface area contributed by atoms with Crippen LogP contribution < -0.4 is 4.90 Å². The van der Waals surface area contributed by atoms with E-state index in [1.54, 1.807) is 0 Å². The molecule has 0 amide bonds. The lowest BCUT2D eigenvalue weighted by Gasteiger charge is -2.28.